The van der Waals surface area contributed by atoms with Crippen LogP contribution in [0.2, 0.25) is 0 Å². The van der Waals surface area contributed by atoms with Crippen molar-refractivity contribution in [3.8, 4) is 0 Å². The highest BCUT2D eigenvalue weighted by Gasteiger charge is 2.30. The van der Waals surface area contributed by atoms with E-state index in [4.69, 9.17) is 9.73 Å². The van der Waals surface area contributed by atoms with E-state index in [0.717, 1.165) is 44.9 Å². The Labute approximate surface area is 181 Å². The Hall–Kier alpha value is -0.0900. The lowest BCUT2D eigenvalue weighted by Crippen LogP contribution is -2.50. The van der Waals surface area contributed by atoms with Crippen molar-refractivity contribution in [1.29, 1.82) is 0 Å². The molecule has 2 heterocycles. The molecule has 158 valence electrons. The zero-order chi connectivity index (χ0) is 18.6. The summed E-state index contributed by atoms with van der Waals surface area (Å²) in [4.78, 5) is 4.80. The van der Waals surface area contributed by atoms with Crippen LogP contribution in [0.25, 0.3) is 0 Å². The van der Waals surface area contributed by atoms with Gasteiger partial charge in [0.25, 0.3) is 0 Å². The number of aliphatic imine (C=N–C) groups is 1. The molecule has 3 aliphatic rings. The van der Waals surface area contributed by atoms with E-state index in [9.17, 15) is 8.42 Å². The highest BCUT2D eigenvalue weighted by atomic mass is 127. The molecule has 0 aromatic rings. The van der Waals surface area contributed by atoms with Crippen molar-refractivity contribution in [3.63, 3.8) is 0 Å². The average Bonchev–Trinajstić information content (AvgIpc) is 2.92. The van der Waals surface area contributed by atoms with E-state index in [2.05, 4.69) is 24.5 Å². The Kier molecular flexibility index (Phi) is 8.67. The van der Waals surface area contributed by atoms with E-state index in [-0.39, 0.29) is 35.6 Å². The second-order valence-electron chi connectivity index (χ2n) is 9.09. The highest BCUT2D eigenvalue weighted by molar-refractivity contribution is 14.0. The molecule has 3 fully saturated rings. The summed E-state index contributed by atoms with van der Waals surface area (Å²) in [7, 11) is -2.84. The van der Waals surface area contributed by atoms with Crippen LogP contribution in [0.3, 0.4) is 0 Å². The Morgan fingerprint density at radius 3 is 2.44 bits per heavy atom. The molecular formula is C19H36IN3O3S. The summed E-state index contributed by atoms with van der Waals surface area (Å²) in [5, 5.41) is 7.24. The minimum Gasteiger partial charge on any atom is -0.381 e. The number of sulfone groups is 1. The second kappa shape index (κ2) is 10.1. The lowest BCUT2D eigenvalue weighted by molar-refractivity contribution is 0.0820. The lowest BCUT2D eigenvalue weighted by atomic mass is 9.75. The summed E-state index contributed by atoms with van der Waals surface area (Å²) < 4.78 is 28.9. The van der Waals surface area contributed by atoms with Gasteiger partial charge in [-0.2, -0.15) is 0 Å². The molecule has 0 aromatic carbocycles. The Balaban J connectivity index is 0.00000261. The third-order valence-electron chi connectivity index (χ3n) is 5.94. The zero-order valence-electron chi connectivity index (χ0n) is 16.7. The van der Waals surface area contributed by atoms with Crippen LogP contribution in [0.5, 0.6) is 0 Å². The first-order valence-corrected chi connectivity index (χ1v) is 12.0. The SMILES string of the molecule is CC1(C)CCCC(NC(=NCC2CCS(=O)(=O)C2)NC2CCOCC2)C1.I. The third-order valence-corrected chi connectivity index (χ3v) is 7.78. The number of nitrogens with one attached hydrogen (secondary N) is 2. The van der Waals surface area contributed by atoms with Crippen molar-refractivity contribution in [2.75, 3.05) is 31.3 Å². The van der Waals surface area contributed by atoms with Gasteiger partial charge in [-0.25, -0.2) is 8.42 Å². The lowest BCUT2D eigenvalue weighted by Gasteiger charge is -2.37. The molecule has 2 aliphatic heterocycles. The molecule has 8 heteroatoms. The quantitative estimate of drug-likeness (QED) is 0.344. The molecule has 0 amide bonds. The van der Waals surface area contributed by atoms with Gasteiger partial charge in [0.1, 0.15) is 0 Å². The minimum absolute atomic E-state index is 0. The van der Waals surface area contributed by atoms with E-state index < -0.39 is 9.84 Å². The summed E-state index contributed by atoms with van der Waals surface area (Å²) in [6.07, 6.45) is 7.59. The molecule has 3 rings (SSSR count). The zero-order valence-corrected chi connectivity index (χ0v) is 19.9. The van der Waals surface area contributed by atoms with E-state index >= 15 is 0 Å². The Morgan fingerprint density at radius 2 is 1.81 bits per heavy atom. The average molecular weight is 513 g/mol. The molecule has 0 spiro atoms. The van der Waals surface area contributed by atoms with Crippen LogP contribution in [0.1, 0.15) is 58.8 Å². The van der Waals surface area contributed by atoms with Crippen molar-refractivity contribution >= 4 is 39.8 Å². The summed E-state index contributed by atoms with van der Waals surface area (Å²) in [6, 6.07) is 0.830. The van der Waals surface area contributed by atoms with Gasteiger partial charge in [0.15, 0.2) is 15.8 Å². The summed E-state index contributed by atoms with van der Waals surface area (Å²) >= 11 is 0. The third kappa shape index (κ3) is 7.68. The second-order valence-corrected chi connectivity index (χ2v) is 11.3. The summed E-state index contributed by atoms with van der Waals surface area (Å²) in [5.41, 5.74) is 0.374. The van der Waals surface area contributed by atoms with Gasteiger partial charge in [0, 0.05) is 31.8 Å². The van der Waals surface area contributed by atoms with E-state index in [1.807, 2.05) is 0 Å². The van der Waals surface area contributed by atoms with Crippen molar-refractivity contribution < 1.29 is 13.2 Å². The van der Waals surface area contributed by atoms with Crippen LogP contribution in [0, 0.1) is 11.3 Å². The van der Waals surface area contributed by atoms with Gasteiger partial charge in [-0.15, -0.1) is 24.0 Å². The standard InChI is InChI=1S/C19H35N3O3S.HI/c1-19(2)8-3-4-17(12-19)22-18(21-16-5-9-25-10-6-16)20-13-15-7-11-26(23,24)14-15;/h15-17H,3-14H2,1-2H3,(H2,20,21,22);1H. The molecule has 0 aromatic heterocycles. The van der Waals surface area contributed by atoms with Crippen LogP contribution in [-0.4, -0.2) is 57.7 Å². The first-order chi connectivity index (χ1) is 12.3. The predicted molar refractivity (Wildman–Crippen MR) is 121 cm³/mol. The van der Waals surface area contributed by atoms with Gasteiger partial charge in [-0.3, -0.25) is 4.99 Å². The molecule has 2 N–H and O–H groups in total. The van der Waals surface area contributed by atoms with Crippen LogP contribution >= 0.6 is 24.0 Å². The normalized spacial score (nSPS) is 31.1. The molecule has 0 radical (unpaired) electrons. The highest BCUT2D eigenvalue weighted by Crippen LogP contribution is 2.35. The largest absolute Gasteiger partial charge is 0.381 e. The number of halogens is 1. The van der Waals surface area contributed by atoms with E-state index in [0.29, 0.717) is 29.8 Å². The molecule has 2 saturated heterocycles. The maximum Gasteiger partial charge on any atom is 0.191 e. The van der Waals surface area contributed by atoms with Crippen LogP contribution in [0.15, 0.2) is 4.99 Å². The van der Waals surface area contributed by atoms with Gasteiger partial charge in [0.05, 0.1) is 11.5 Å². The fourth-order valence-electron chi connectivity index (χ4n) is 4.42. The molecule has 2 atom stereocenters. The van der Waals surface area contributed by atoms with Crippen molar-refractivity contribution in [2.45, 2.75) is 70.9 Å². The topological polar surface area (TPSA) is 79.8 Å². The Morgan fingerprint density at radius 1 is 1.11 bits per heavy atom. The van der Waals surface area contributed by atoms with Gasteiger partial charge in [0.2, 0.25) is 0 Å². The van der Waals surface area contributed by atoms with Gasteiger partial charge >= 0.3 is 0 Å². The molecule has 1 saturated carbocycles. The number of ether oxygens (including phenoxy) is 1. The molecule has 1 aliphatic carbocycles. The number of hydrogen-bond donors (Lipinski definition) is 2. The van der Waals surface area contributed by atoms with Gasteiger partial charge in [-0.1, -0.05) is 20.3 Å². The summed E-state index contributed by atoms with van der Waals surface area (Å²) in [6.45, 7) is 6.86. The number of hydrogen-bond acceptors (Lipinski definition) is 4. The summed E-state index contributed by atoms with van der Waals surface area (Å²) in [5.74, 6) is 1.64. The van der Waals surface area contributed by atoms with Crippen molar-refractivity contribution in [2.24, 2.45) is 16.3 Å². The molecule has 27 heavy (non-hydrogen) atoms. The first-order valence-electron chi connectivity index (χ1n) is 10.2. The fraction of sp³-hybridized carbons (Fsp3) is 0.947. The van der Waals surface area contributed by atoms with Crippen LogP contribution in [0.4, 0.5) is 0 Å². The molecule has 6 nitrogen and oxygen atoms in total. The molecule has 2 unspecified atom stereocenters. The number of guanidine groups is 1. The minimum atomic E-state index is -2.84. The maximum absolute atomic E-state index is 11.7. The van der Waals surface area contributed by atoms with Crippen molar-refractivity contribution in [3.05, 3.63) is 0 Å². The van der Waals surface area contributed by atoms with Crippen LogP contribution < -0.4 is 10.6 Å². The smallest absolute Gasteiger partial charge is 0.191 e. The van der Waals surface area contributed by atoms with E-state index in [1.54, 1.807) is 0 Å². The van der Waals surface area contributed by atoms with E-state index in [1.165, 1.54) is 19.3 Å². The fourth-order valence-corrected chi connectivity index (χ4v) is 6.27. The van der Waals surface area contributed by atoms with Gasteiger partial charge < -0.3 is 15.4 Å². The first kappa shape index (κ1) is 23.2. The van der Waals surface area contributed by atoms with Crippen molar-refractivity contribution in [1.82, 2.24) is 10.6 Å². The van der Waals surface area contributed by atoms with Gasteiger partial charge in [-0.05, 0) is 49.9 Å². The molecular weight excluding hydrogens is 477 g/mol. The monoisotopic (exact) mass is 513 g/mol. The maximum atomic E-state index is 11.7. The number of nitrogens with zero attached hydrogens (tertiary/aromatic N) is 1. The van der Waals surface area contributed by atoms with Crippen LogP contribution in [-0.2, 0) is 14.6 Å². The number of rotatable bonds is 4. The predicted octanol–water partition coefficient (Wildman–Crippen LogP) is 2.72. The Bertz CT molecular complexity index is 603. The molecule has 0 bridgehead atoms.